The van der Waals surface area contributed by atoms with Crippen molar-refractivity contribution in [2.75, 3.05) is 0 Å². The highest BCUT2D eigenvalue weighted by atomic mass is 16.4. The number of carboxylic acids is 1. The quantitative estimate of drug-likeness (QED) is 0.753. The van der Waals surface area contributed by atoms with E-state index in [1.54, 1.807) is 17.9 Å². The fourth-order valence-corrected chi connectivity index (χ4v) is 1.43. The monoisotopic (exact) mass is 218 g/mol. The van der Waals surface area contributed by atoms with Crippen LogP contribution in [0.5, 0.6) is 0 Å². The van der Waals surface area contributed by atoms with E-state index in [-0.39, 0.29) is 0 Å². The molecule has 0 atom stereocenters. The molecule has 2 aromatic rings. The summed E-state index contributed by atoms with van der Waals surface area (Å²) in [5.41, 5.74) is 2.98. The Labute approximate surface area is 91.2 Å². The van der Waals surface area contributed by atoms with Gasteiger partial charge in [0.25, 0.3) is 0 Å². The van der Waals surface area contributed by atoms with Crippen LogP contribution in [-0.4, -0.2) is 31.1 Å². The zero-order valence-electron chi connectivity index (χ0n) is 8.88. The minimum atomic E-state index is -0.987. The molecule has 0 fully saturated rings. The Morgan fingerprint density at radius 2 is 2.31 bits per heavy atom. The first-order valence-corrected chi connectivity index (χ1v) is 4.65. The molecule has 2 aromatic heterocycles. The van der Waals surface area contributed by atoms with E-state index in [4.69, 9.17) is 5.11 Å². The van der Waals surface area contributed by atoms with Gasteiger partial charge in [0.15, 0.2) is 5.65 Å². The molecular formula is C10H10N4O2. The molecule has 1 N–H and O–H groups in total. The number of carboxylic acid groups (broad SMARTS) is 1. The van der Waals surface area contributed by atoms with Crippen LogP contribution in [0, 0.1) is 6.92 Å². The average Bonchev–Trinajstić information content (AvgIpc) is 2.60. The lowest BCUT2D eigenvalue weighted by molar-refractivity contribution is -0.131. The third-order valence-corrected chi connectivity index (χ3v) is 2.32. The largest absolute Gasteiger partial charge is 0.478 e. The highest BCUT2D eigenvalue weighted by molar-refractivity contribution is 5.87. The maximum atomic E-state index is 10.4. The van der Waals surface area contributed by atoms with E-state index in [0.29, 0.717) is 11.2 Å². The van der Waals surface area contributed by atoms with Crippen molar-refractivity contribution >= 4 is 23.2 Å². The summed E-state index contributed by atoms with van der Waals surface area (Å²) in [4.78, 5) is 14.6. The fraction of sp³-hybridized carbons (Fsp3) is 0.200. The number of nitrogens with zero attached hydrogens (tertiary/aromatic N) is 4. The lowest BCUT2D eigenvalue weighted by Crippen LogP contribution is -1.93. The van der Waals surface area contributed by atoms with E-state index in [9.17, 15) is 4.79 Å². The number of rotatable bonds is 2. The molecule has 0 saturated heterocycles. The molecule has 0 amide bonds. The van der Waals surface area contributed by atoms with Crippen LogP contribution in [0.4, 0.5) is 0 Å². The number of aliphatic carboxylic acids is 1. The number of fused-ring (bicyclic) bond motifs is 1. The standard InChI is InChI=1S/C10H10N4O2/c1-6-7(3-4-8(15)16)5-11-10-9(6)12-13-14(10)2/h3-5H,1-2H3,(H,15,16). The van der Waals surface area contributed by atoms with Gasteiger partial charge in [-0.3, -0.25) is 0 Å². The molecule has 2 heterocycles. The summed E-state index contributed by atoms with van der Waals surface area (Å²) >= 11 is 0. The highest BCUT2D eigenvalue weighted by Crippen LogP contribution is 2.17. The Bertz CT molecular complexity index is 586. The van der Waals surface area contributed by atoms with Crippen LogP contribution in [0.1, 0.15) is 11.1 Å². The van der Waals surface area contributed by atoms with Gasteiger partial charge in [0.2, 0.25) is 0 Å². The summed E-state index contributed by atoms with van der Waals surface area (Å²) in [5.74, 6) is -0.987. The smallest absolute Gasteiger partial charge is 0.328 e. The van der Waals surface area contributed by atoms with Crippen molar-refractivity contribution in [3.8, 4) is 0 Å². The molecule has 6 nitrogen and oxygen atoms in total. The van der Waals surface area contributed by atoms with Gasteiger partial charge < -0.3 is 5.11 Å². The van der Waals surface area contributed by atoms with Gasteiger partial charge in [0.1, 0.15) is 5.52 Å². The number of aryl methyl sites for hydroxylation is 2. The van der Waals surface area contributed by atoms with Gasteiger partial charge in [-0.15, -0.1) is 5.10 Å². The van der Waals surface area contributed by atoms with Crippen LogP contribution in [0.3, 0.4) is 0 Å². The average molecular weight is 218 g/mol. The van der Waals surface area contributed by atoms with Crippen molar-refractivity contribution in [1.82, 2.24) is 20.0 Å². The number of hydrogen-bond donors (Lipinski definition) is 1. The van der Waals surface area contributed by atoms with Crippen LogP contribution in [-0.2, 0) is 11.8 Å². The first-order valence-electron chi connectivity index (χ1n) is 4.65. The summed E-state index contributed by atoms with van der Waals surface area (Å²) in [6.45, 7) is 1.86. The minimum Gasteiger partial charge on any atom is -0.478 e. The first kappa shape index (κ1) is 10.3. The van der Waals surface area contributed by atoms with Crippen molar-refractivity contribution in [1.29, 1.82) is 0 Å². The Kier molecular flexibility index (Phi) is 2.40. The number of aromatic nitrogens is 4. The molecule has 0 aliphatic carbocycles. The first-order chi connectivity index (χ1) is 7.59. The number of carbonyl (C=O) groups is 1. The molecular weight excluding hydrogens is 208 g/mol. The molecule has 6 heteroatoms. The van der Waals surface area contributed by atoms with Gasteiger partial charge in [-0.05, 0) is 24.1 Å². The van der Waals surface area contributed by atoms with Crippen molar-refractivity contribution in [3.05, 3.63) is 23.4 Å². The Hall–Kier alpha value is -2.24. The zero-order valence-corrected chi connectivity index (χ0v) is 8.88. The predicted molar refractivity (Wildman–Crippen MR) is 57.7 cm³/mol. The van der Waals surface area contributed by atoms with E-state index in [1.807, 2.05) is 6.92 Å². The molecule has 0 saturated carbocycles. The van der Waals surface area contributed by atoms with Gasteiger partial charge in [0.05, 0.1) is 0 Å². The summed E-state index contributed by atoms with van der Waals surface area (Å²) in [7, 11) is 1.76. The maximum Gasteiger partial charge on any atom is 0.328 e. The van der Waals surface area contributed by atoms with E-state index in [0.717, 1.165) is 17.2 Å². The molecule has 0 bridgehead atoms. The van der Waals surface area contributed by atoms with Crippen LogP contribution in [0.15, 0.2) is 12.3 Å². The van der Waals surface area contributed by atoms with E-state index in [2.05, 4.69) is 15.3 Å². The van der Waals surface area contributed by atoms with Gasteiger partial charge in [-0.25, -0.2) is 14.5 Å². The highest BCUT2D eigenvalue weighted by Gasteiger charge is 2.08. The van der Waals surface area contributed by atoms with E-state index < -0.39 is 5.97 Å². The molecule has 0 aromatic carbocycles. The molecule has 82 valence electrons. The van der Waals surface area contributed by atoms with Crippen molar-refractivity contribution in [2.45, 2.75) is 6.92 Å². The second kappa shape index (κ2) is 3.73. The zero-order chi connectivity index (χ0) is 11.7. The van der Waals surface area contributed by atoms with Gasteiger partial charge >= 0.3 is 5.97 Å². The van der Waals surface area contributed by atoms with Gasteiger partial charge in [0, 0.05) is 19.3 Å². The second-order valence-corrected chi connectivity index (χ2v) is 3.40. The molecule has 0 spiro atoms. The minimum absolute atomic E-state index is 0.685. The Morgan fingerprint density at radius 3 is 3.00 bits per heavy atom. The summed E-state index contributed by atoms with van der Waals surface area (Å²) in [6.07, 6.45) is 4.19. The van der Waals surface area contributed by atoms with E-state index in [1.165, 1.54) is 6.08 Å². The van der Waals surface area contributed by atoms with Crippen LogP contribution in [0.25, 0.3) is 17.2 Å². The van der Waals surface area contributed by atoms with Crippen LogP contribution >= 0.6 is 0 Å². The molecule has 0 unspecified atom stereocenters. The normalized spacial score (nSPS) is 11.4. The van der Waals surface area contributed by atoms with Crippen LogP contribution in [0.2, 0.25) is 0 Å². The lowest BCUT2D eigenvalue weighted by atomic mass is 10.1. The van der Waals surface area contributed by atoms with Crippen molar-refractivity contribution in [3.63, 3.8) is 0 Å². The van der Waals surface area contributed by atoms with Gasteiger partial charge in [-0.2, -0.15) is 0 Å². The molecule has 0 aliphatic heterocycles. The summed E-state index contributed by atoms with van der Waals surface area (Å²) < 4.78 is 1.58. The number of pyridine rings is 1. The lowest BCUT2D eigenvalue weighted by Gasteiger charge is -1.99. The van der Waals surface area contributed by atoms with Gasteiger partial charge in [-0.1, -0.05) is 5.21 Å². The SMILES string of the molecule is Cc1c(C=CC(=O)O)cnc2c1nnn2C. The van der Waals surface area contributed by atoms with Crippen LogP contribution < -0.4 is 0 Å². The van der Waals surface area contributed by atoms with E-state index >= 15 is 0 Å². The third-order valence-electron chi connectivity index (χ3n) is 2.32. The fourth-order valence-electron chi connectivity index (χ4n) is 1.43. The maximum absolute atomic E-state index is 10.4. The molecule has 0 aliphatic rings. The Morgan fingerprint density at radius 1 is 1.56 bits per heavy atom. The second-order valence-electron chi connectivity index (χ2n) is 3.40. The molecule has 2 rings (SSSR count). The van der Waals surface area contributed by atoms with Crippen molar-refractivity contribution < 1.29 is 9.90 Å². The topological polar surface area (TPSA) is 80.9 Å². The molecule has 16 heavy (non-hydrogen) atoms. The predicted octanol–water partition coefficient (Wildman–Crippen LogP) is 0.770. The summed E-state index contributed by atoms with van der Waals surface area (Å²) in [6, 6.07) is 0. The third kappa shape index (κ3) is 1.65. The molecule has 0 radical (unpaired) electrons. The number of hydrogen-bond acceptors (Lipinski definition) is 4. The Balaban J connectivity index is 2.57. The summed E-state index contributed by atoms with van der Waals surface area (Å²) in [5, 5.41) is 16.4. The van der Waals surface area contributed by atoms with Crippen molar-refractivity contribution in [2.24, 2.45) is 7.05 Å².